The molecule has 1 fully saturated rings. The van der Waals surface area contributed by atoms with Crippen molar-refractivity contribution in [2.75, 3.05) is 39.3 Å². The number of amides is 1. The van der Waals surface area contributed by atoms with Gasteiger partial charge in [-0.1, -0.05) is 19.1 Å². The number of carbonyl (C=O) groups excluding carboxylic acids is 1. The molecule has 0 spiro atoms. The van der Waals surface area contributed by atoms with Crippen LogP contribution in [0.4, 0.5) is 0 Å². The summed E-state index contributed by atoms with van der Waals surface area (Å²) < 4.78 is 5.35. The lowest BCUT2D eigenvalue weighted by atomic mass is 9.99. The van der Waals surface area contributed by atoms with Crippen LogP contribution in [-0.2, 0) is 11.3 Å². The monoisotopic (exact) mass is 389 g/mol. The Hall–Kier alpha value is -2.28. The van der Waals surface area contributed by atoms with Gasteiger partial charge in [0.1, 0.15) is 5.75 Å². The Morgan fingerprint density at radius 2 is 2.11 bits per heavy atom. The van der Waals surface area contributed by atoms with E-state index in [0.29, 0.717) is 12.3 Å². The number of nitrogens with one attached hydrogen (secondary N) is 2. The minimum atomic E-state index is -0.485. The zero-order valence-corrected chi connectivity index (χ0v) is 17.2. The van der Waals surface area contributed by atoms with E-state index in [1.54, 1.807) is 6.07 Å². The van der Waals surface area contributed by atoms with Crippen LogP contribution < -0.4 is 21.1 Å². The smallest absolute Gasteiger partial charge is 0.255 e. The molecular weight excluding hydrogens is 354 g/mol. The highest BCUT2D eigenvalue weighted by Gasteiger charge is 2.14. The summed E-state index contributed by atoms with van der Waals surface area (Å²) in [5.74, 6) is 1.83. The molecule has 2 rings (SSSR count). The van der Waals surface area contributed by atoms with Gasteiger partial charge in [-0.3, -0.25) is 4.79 Å². The van der Waals surface area contributed by atoms with Gasteiger partial charge in [0, 0.05) is 13.1 Å². The number of aliphatic imine (C=N–C) groups is 1. The number of likely N-dealkylation sites (tertiary alicyclic amines) is 1. The Morgan fingerprint density at radius 3 is 2.82 bits per heavy atom. The molecule has 1 aliphatic heterocycles. The average molecular weight is 390 g/mol. The third-order valence-electron chi connectivity index (χ3n) is 4.86. The molecule has 156 valence electrons. The Kier molecular flexibility index (Phi) is 9.62. The third kappa shape index (κ3) is 8.61. The average Bonchev–Trinajstić information content (AvgIpc) is 2.69. The van der Waals surface area contributed by atoms with E-state index in [0.717, 1.165) is 43.5 Å². The Bertz CT molecular complexity index is 627. The number of rotatable bonds is 10. The van der Waals surface area contributed by atoms with Crippen molar-refractivity contribution in [1.29, 1.82) is 0 Å². The van der Waals surface area contributed by atoms with E-state index in [1.807, 2.05) is 18.2 Å². The lowest BCUT2D eigenvalue weighted by Gasteiger charge is -2.30. The fourth-order valence-corrected chi connectivity index (χ4v) is 3.20. The third-order valence-corrected chi connectivity index (χ3v) is 4.86. The molecule has 0 bridgehead atoms. The first-order chi connectivity index (χ1) is 13.6. The van der Waals surface area contributed by atoms with Gasteiger partial charge in [-0.05, 0) is 69.4 Å². The topological polar surface area (TPSA) is 92.0 Å². The van der Waals surface area contributed by atoms with E-state index in [4.69, 9.17) is 10.5 Å². The predicted octanol–water partition coefficient (Wildman–Crippen LogP) is 1.73. The number of nitrogens with zero attached hydrogens (tertiary/aromatic N) is 2. The van der Waals surface area contributed by atoms with Crippen molar-refractivity contribution in [3.05, 3.63) is 29.8 Å². The maximum atomic E-state index is 10.8. The lowest BCUT2D eigenvalue weighted by molar-refractivity contribution is -0.119. The maximum absolute atomic E-state index is 10.8. The van der Waals surface area contributed by atoms with Gasteiger partial charge in [0.05, 0.1) is 6.54 Å². The quantitative estimate of drug-likeness (QED) is 0.322. The van der Waals surface area contributed by atoms with Crippen molar-refractivity contribution in [2.45, 2.75) is 39.7 Å². The molecule has 1 aromatic rings. The SMILES string of the molecule is CCNC(=NCc1cccc(OCC(N)=O)c1)NCCCN1CCC(C)CC1. The number of benzene rings is 1. The van der Waals surface area contributed by atoms with Crippen LogP contribution in [0.25, 0.3) is 0 Å². The molecule has 4 N–H and O–H groups in total. The molecule has 1 saturated heterocycles. The van der Waals surface area contributed by atoms with Crippen molar-refractivity contribution < 1.29 is 9.53 Å². The second-order valence-corrected chi connectivity index (χ2v) is 7.40. The Balaban J connectivity index is 1.76. The van der Waals surface area contributed by atoms with E-state index in [1.165, 1.54) is 25.9 Å². The number of guanidine groups is 1. The van der Waals surface area contributed by atoms with Gasteiger partial charge in [-0.15, -0.1) is 0 Å². The van der Waals surface area contributed by atoms with Crippen LogP contribution in [0.15, 0.2) is 29.3 Å². The maximum Gasteiger partial charge on any atom is 0.255 e. The molecule has 0 aromatic heterocycles. The zero-order chi connectivity index (χ0) is 20.2. The first kappa shape index (κ1) is 22.0. The highest BCUT2D eigenvalue weighted by Crippen LogP contribution is 2.16. The largest absolute Gasteiger partial charge is 0.484 e. The summed E-state index contributed by atoms with van der Waals surface area (Å²) in [6.07, 6.45) is 3.74. The zero-order valence-electron chi connectivity index (χ0n) is 17.2. The molecule has 7 heteroatoms. The Morgan fingerprint density at radius 1 is 1.32 bits per heavy atom. The molecule has 1 aliphatic rings. The number of piperidine rings is 1. The molecule has 0 radical (unpaired) electrons. The van der Waals surface area contributed by atoms with Crippen LogP contribution >= 0.6 is 0 Å². The van der Waals surface area contributed by atoms with Gasteiger partial charge in [-0.2, -0.15) is 0 Å². The fraction of sp³-hybridized carbons (Fsp3) is 0.619. The second kappa shape index (κ2) is 12.2. The van der Waals surface area contributed by atoms with Crippen LogP contribution in [0.1, 0.15) is 38.7 Å². The van der Waals surface area contributed by atoms with E-state index in [-0.39, 0.29) is 6.61 Å². The number of hydrogen-bond acceptors (Lipinski definition) is 4. The minimum Gasteiger partial charge on any atom is -0.484 e. The van der Waals surface area contributed by atoms with E-state index >= 15 is 0 Å². The summed E-state index contributed by atoms with van der Waals surface area (Å²) in [6, 6.07) is 7.57. The fourth-order valence-electron chi connectivity index (χ4n) is 3.20. The van der Waals surface area contributed by atoms with E-state index in [9.17, 15) is 4.79 Å². The molecule has 28 heavy (non-hydrogen) atoms. The van der Waals surface area contributed by atoms with Crippen LogP contribution in [-0.4, -0.2) is 56.1 Å². The number of primary amides is 1. The van der Waals surface area contributed by atoms with Gasteiger partial charge < -0.3 is 26.0 Å². The first-order valence-electron chi connectivity index (χ1n) is 10.3. The minimum absolute atomic E-state index is 0.118. The van der Waals surface area contributed by atoms with Gasteiger partial charge >= 0.3 is 0 Å². The van der Waals surface area contributed by atoms with Crippen molar-refractivity contribution >= 4 is 11.9 Å². The predicted molar refractivity (Wildman–Crippen MR) is 113 cm³/mol. The van der Waals surface area contributed by atoms with Crippen molar-refractivity contribution in [3.8, 4) is 5.75 Å². The van der Waals surface area contributed by atoms with Crippen molar-refractivity contribution in [1.82, 2.24) is 15.5 Å². The number of nitrogens with two attached hydrogens (primary N) is 1. The highest BCUT2D eigenvalue weighted by atomic mass is 16.5. The summed E-state index contributed by atoms with van der Waals surface area (Å²) in [6.45, 7) is 10.1. The van der Waals surface area contributed by atoms with Gasteiger partial charge in [0.15, 0.2) is 12.6 Å². The van der Waals surface area contributed by atoms with Crippen LogP contribution in [0.5, 0.6) is 5.75 Å². The molecule has 0 atom stereocenters. The molecule has 0 saturated carbocycles. The molecule has 1 heterocycles. The van der Waals surface area contributed by atoms with Gasteiger partial charge in [-0.25, -0.2) is 4.99 Å². The molecule has 7 nitrogen and oxygen atoms in total. The summed E-state index contributed by atoms with van der Waals surface area (Å²) in [5.41, 5.74) is 6.13. The lowest BCUT2D eigenvalue weighted by Crippen LogP contribution is -2.39. The van der Waals surface area contributed by atoms with Gasteiger partial charge in [0.2, 0.25) is 0 Å². The standard InChI is InChI=1S/C21H35N5O2/c1-3-23-21(24-10-5-11-26-12-8-17(2)9-13-26)25-15-18-6-4-7-19(14-18)28-16-20(22)27/h4,6-7,14,17H,3,5,8-13,15-16H2,1-2H3,(H2,22,27)(H2,23,24,25). The number of ether oxygens (including phenoxy) is 1. The molecular formula is C21H35N5O2. The summed E-state index contributed by atoms with van der Waals surface area (Å²) in [5, 5.41) is 6.70. The number of carbonyl (C=O) groups is 1. The molecule has 0 aliphatic carbocycles. The van der Waals surface area contributed by atoms with Crippen LogP contribution in [0.2, 0.25) is 0 Å². The van der Waals surface area contributed by atoms with Crippen LogP contribution in [0, 0.1) is 5.92 Å². The Labute approximate surface area is 168 Å². The van der Waals surface area contributed by atoms with E-state index in [2.05, 4.69) is 34.4 Å². The van der Waals surface area contributed by atoms with Crippen LogP contribution in [0.3, 0.4) is 0 Å². The summed E-state index contributed by atoms with van der Waals surface area (Å²) in [4.78, 5) is 18.0. The molecule has 1 aromatic carbocycles. The molecule has 1 amide bonds. The normalized spacial score (nSPS) is 16.0. The van der Waals surface area contributed by atoms with Crippen molar-refractivity contribution in [3.63, 3.8) is 0 Å². The molecule has 0 unspecified atom stereocenters. The summed E-state index contributed by atoms with van der Waals surface area (Å²) in [7, 11) is 0. The van der Waals surface area contributed by atoms with E-state index < -0.39 is 5.91 Å². The number of hydrogen-bond donors (Lipinski definition) is 3. The second-order valence-electron chi connectivity index (χ2n) is 7.40. The first-order valence-corrected chi connectivity index (χ1v) is 10.3. The van der Waals surface area contributed by atoms with Crippen molar-refractivity contribution in [2.24, 2.45) is 16.6 Å². The highest BCUT2D eigenvalue weighted by molar-refractivity contribution is 5.79. The summed E-state index contributed by atoms with van der Waals surface area (Å²) >= 11 is 0. The van der Waals surface area contributed by atoms with Gasteiger partial charge in [0.25, 0.3) is 5.91 Å².